The van der Waals surface area contributed by atoms with Gasteiger partial charge in [0.05, 0.1) is 17.1 Å². The number of ether oxygens (including phenoxy) is 1. The van der Waals surface area contributed by atoms with Gasteiger partial charge in [-0.25, -0.2) is 8.42 Å². The zero-order valence-electron chi connectivity index (χ0n) is 16.1. The van der Waals surface area contributed by atoms with Gasteiger partial charge in [-0.1, -0.05) is 23.7 Å². The number of sulfone groups is 1. The van der Waals surface area contributed by atoms with E-state index in [0.29, 0.717) is 18.9 Å². The quantitative estimate of drug-likeness (QED) is 0.741. The molecule has 152 valence electrons. The minimum Gasteiger partial charge on any atom is -0.493 e. The Morgan fingerprint density at radius 1 is 1.25 bits per heavy atom. The van der Waals surface area contributed by atoms with Gasteiger partial charge in [0.2, 0.25) is 0 Å². The molecule has 5 nitrogen and oxygen atoms in total. The third kappa shape index (κ3) is 5.47. The predicted octanol–water partition coefficient (Wildman–Crippen LogP) is 3.05. The van der Waals surface area contributed by atoms with Gasteiger partial charge in [0.1, 0.15) is 5.75 Å². The Kier molecular flexibility index (Phi) is 6.34. The number of benzene rings is 2. The van der Waals surface area contributed by atoms with Crippen LogP contribution in [0.15, 0.2) is 53.4 Å². The molecule has 1 saturated heterocycles. The molecule has 0 saturated carbocycles. The van der Waals surface area contributed by atoms with Crippen LogP contribution >= 0.6 is 11.6 Å². The van der Waals surface area contributed by atoms with Gasteiger partial charge in [-0.15, -0.1) is 0 Å². The average Bonchev–Trinajstić information content (AvgIpc) is 2.91. The Morgan fingerprint density at radius 3 is 2.61 bits per heavy atom. The fourth-order valence-electron chi connectivity index (χ4n) is 3.52. The maximum absolute atomic E-state index is 11.5. The van der Waals surface area contributed by atoms with Crippen LogP contribution in [-0.4, -0.2) is 56.5 Å². The molecule has 1 fully saturated rings. The summed E-state index contributed by atoms with van der Waals surface area (Å²) in [6, 6.07) is 14.2. The molecule has 2 unspecified atom stereocenters. The molecule has 2 atom stereocenters. The lowest BCUT2D eigenvalue weighted by Crippen LogP contribution is -2.37. The molecule has 2 aromatic rings. The summed E-state index contributed by atoms with van der Waals surface area (Å²) < 4.78 is 28.9. The predicted molar refractivity (Wildman–Crippen MR) is 111 cm³/mol. The Hall–Kier alpha value is -1.60. The van der Waals surface area contributed by atoms with Gasteiger partial charge in [0.25, 0.3) is 0 Å². The zero-order valence-corrected chi connectivity index (χ0v) is 17.7. The molecule has 28 heavy (non-hydrogen) atoms. The fraction of sp³-hybridized carbons (Fsp3) is 0.429. The van der Waals surface area contributed by atoms with Crippen molar-refractivity contribution < 1.29 is 18.3 Å². The first-order chi connectivity index (χ1) is 13.1. The van der Waals surface area contributed by atoms with Crippen molar-refractivity contribution in [2.45, 2.75) is 23.8 Å². The number of halogens is 1. The number of aliphatic hydroxyl groups is 1. The van der Waals surface area contributed by atoms with Crippen molar-refractivity contribution >= 4 is 21.4 Å². The van der Waals surface area contributed by atoms with Crippen molar-refractivity contribution in [3.05, 3.63) is 59.1 Å². The Labute approximate surface area is 171 Å². The topological polar surface area (TPSA) is 66.8 Å². The highest BCUT2D eigenvalue weighted by Gasteiger charge is 2.41. The first-order valence-corrected chi connectivity index (χ1v) is 11.5. The Balaban J connectivity index is 1.54. The normalized spacial score (nSPS) is 23.1. The van der Waals surface area contributed by atoms with E-state index in [4.69, 9.17) is 16.3 Å². The van der Waals surface area contributed by atoms with Crippen molar-refractivity contribution in [2.24, 2.45) is 5.92 Å². The molecular formula is C21H26ClNO4S. The summed E-state index contributed by atoms with van der Waals surface area (Å²) in [5.74, 6) is 0.571. The maximum atomic E-state index is 11.5. The second-order valence-electron chi connectivity index (χ2n) is 7.72. The first kappa shape index (κ1) is 21.1. The van der Waals surface area contributed by atoms with Gasteiger partial charge < -0.3 is 9.84 Å². The number of hydrogen-bond acceptors (Lipinski definition) is 5. The highest BCUT2D eigenvalue weighted by Crippen LogP contribution is 2.29. The first-order valence-electron chi connectivity index (χ1n) is 9.25. The van der Waals surface area contributed by atoms with Crippen LogP contribution in [0.2, 0.25) is 5.02 Å². The van der Waals surface area contributed by atoms with Crippen LogP contribution in [-0.2, 0) is 16.3 Å². The van der Waals surface area contributed by atoms with Gasteiger partial charge in [0.15, 0.2) is 9.84 Å². The lowest BCUT2D eigenvalue weighted by atomic mass is 9.94. The third-order valence-corrected chi connectivity index (χ3v) is 6.57. The van der Waals surface area contributed by atoms with Crippen molar-refractivity contribution in [2.75, 3.05) is 32.5 Å². The largest absolute Gasteiger partial charge is 0.493 e. The zero-order chi connectivity index (χ0) is 20.4. The van der Waals surface area contributed by atoms with Gasteiger partial charge in [0, 0.05) is 36.8 Å². The number of nitrogens with zero attached hydrogens (tertiary/aromatic N) is 1. The maximum Gasteiger partial charge on any atom is 0.175 e. The number of rotatable bonds is 7. The molecule has 1 heterocycles. The van der Waals surface area contributed by atoms with Crippen molar-refractivity contribution in [3.8, 4) is 5.75 Å². The third-order valence-electron chi connectivity index (χ3n) is 5.21. The highest BCUT2D eigenvalue weighted by atomic mass is 35.5. The van der Waals surface area contributed by atoms with Crippen molar-refractivity contribution in [1.29, 1.82) is 0 Å². The van der Waals surface area contributed by atoms with Gasteiger partial charge in [-0.3, -0.25) is 4.90 Å². The second kappa shape index (κ2) is 8.41. The molecule has 0 radical (unpaired) electrons. The molecule has 1 aliphatic rings. The van der Waals surface area contributed by atoms with E-state index in [1.54, 1.807) is 12.1 Å². The van der Waals surface area contributed by atoms with Gasteiger partial charge in [-0.2, -0.15) is 0 Å². The molecule has 2 aromatic carbocycles. The van der Waals surface area contributed by atoms with E-state index in [-0.39, 0.29) is 10.8 Å². The Bertz CT molecular complexity index is 912. The summed E-state index contributed by atoms with van der Waals surface area (Å²) in [4.78, 5) is 2.50. The van der Waals surface area contributed by atoms with E-state index in [1.807, 2.05) is 25.1 Å². The van der Waals surface area contributed by atoms with E-state index >= 15 is 0 Å². The number of likely N-dealkylation sites (tertiary alicyclic amines) is 1. The molecule has 7 heteroatoms. The van der Waals surface area contributed by atoms with E-state index in [1.165, 1.54) is 24.0 Å². The van der Waals surface area contributed by atoms with Crippen LogP contribution < -0.4 is 4.74 Å². The molecule has 0 amide bonds. The second-order valence-corrected chi connectivity index (χ2v) is 10.2. The SMILES string of the molecule is CC1(O)CN(CCc2cccc(Cl)c2)CC1COc1ccc(S(C)(=O)=O)cc1. The lowest BCUT2D eigenvalue weighted by Gasteiger charge is -2.24. The molecule has 0 aliphatic carbocycles. The molecular weight excluding hydrogens is 398 g/mol. The van der Waals surface area contributed by atoms with E-state index in [2.05, 4.69) is 11.0 Å². The summed E-state index contributed by atoms with van der Waals surface area (Å²) in [7, 11) is -3.22. The van der Waals surface area contributed by atoms with Crippen LogP contribution in [0.25, 0.3) is 0 Å². The summed E-state index contributed by atoms with van der Waals surface area (Å²) in [5, 5.41) is 11.5. The minimum atomic E-state index is -3.22. The Morgan fingerprint density at radius 2 is 1.96 bits per heavy atom. The van der Waals surface area contributed by atoms with Crippen LogP contribution in [0.4, 0.5) is 0 Å². The van der Waals surface area contributed by atoms with Gasteiger partial charge >= 0.3 is 0 Å². The lowest BCUT2D eigenvalue weighted by molar-refractivity contribution is 0.0136. The standard InChI is InChI=1S/C21H26ClNO4S/c1-21(24)15-23(11-10-16-4-3-5-18(22)12-16)13-17(21)14-27-19-6-8-20(9-7-19)28(2,25)26/h3-9,12,17,24H,10-11,13-15H2,1-2H3. The van der Waals surface area contributed by atoms with Crippen LogP contribution in [0, 0.1) is 5.92 Å². The molecule has 1 aliphatic heterocycles. The number of hydrogen-bond donors (Lipinski definition) is 1. The summed E-state index contributed by atoms with van der Waals surface area (Å²) >= 11 is 6.04. The molecule has 1 N–H and O–H groups in total. The van der Waals surface area contributed by atoms with Crippen molar-refractivity contribution in [3.63, 3.8) is 0 Å². The minimum absolute atomic E-state index is 0.0264. The van der Waals surface area contributed by atoms with Crippen molar-refractivity contribution in [1.82, 2.24) is 4.90 Å². The molecule has 0 bridgehead atoms. The molecule has 0 aromatic heterocycles. The van der Waals surface area contributed by atoms with Crippen LogP contribution in [0.1, 0.15) is 12.5 Å². The van der Waals surface area contributed by atoms with Gasteiger partial charge in [-0.05, 0) is 55.3 Å². The summed E-state index contributed by atoms with van der Waals surface area (Å²) in [6.45, 7) is 4.39. The molecule has 3 rings (SSSR count). The van der Waals surface area contributed by atoms with E-state index in [0.717, 1.165) is 24.5 Å². The highest BCUT2D eigenvalue weighted by molar-refractivity contribution is 7.90. The summed E-state index contributed by atoms with van der Waals surface area (Å²) in [6.07, 6.45) is 2.05. The monoisotopic (exact) mass is 423 g/mol. The van der Waals surface area contributed by atoms with E-state index in [9.17, 15) is 13.5 Å². The number of β-amino-alcohol motifs (C(OH)–C–C–N with tert-alkyl or cyclic N) is 1. The molecule has 0 spiro atoms. The average molecular weight is 424 g/mol. The smallest absolute Gasteiger partial charge is 0.175 e. The van der Waals surface area contributed by atoms with Crippen LogP contribution in [0.3, 0.4) is 0 Å². The van der Waals surface area contributed by atoms with Crippen LogP contribution in [0.5, 0.6) is 5.75 Å². The van der Waals surface area contributed by atoms with E-state index < -0.39 is 15.4 Å². The fourth-order valence-corrected chi connectivity index (χ4v) is 4.36. The summed E-state index contributed by atoms with van der Waals surface area (Å²) in [5.41, 5.74) is 0.346.